The molecule has 0 amide bonds. The van der Waals surface area contributed by atoms with Crippen molar-refractivity contribution in [1.82, 2.24) is 5.32 Å². The second-order valence-electron chi connectivity index (χ2n) is 5.60. The van der Waals surface area contributed by atoms with E-state index in [0.29, 0.717) is 11.7 Å². The molecule has 1 fully saturated rings. The molecule has 2 nitrogen and oxygen atoms in total. The summed E-state index contributed by atoms with van der Waals surface area (Å²) in [7, 11) is 0. The normalized spacial score (nSPS) is 20.9. The second-order valence-corrected chi connectivity index (χ2v) is 5.60. The van der Waals surface area contributed by atoms with Crippen molar-refractivity contribution in [3.63, 3.8) is 0 Å². The molecule has 1 aliphatic rings. The monoisotopic (exact) mass is 286 g/mol. The lowest BCUT2D eigenvalue weighted by molar-refractivity contribution is -0.138. The quantitative estimate of drug-likeness (QED) is 0.875. The van der Waals surface area contributed by atoms with Crippen LogP contribution in [0.3, 0.4) is 0 Å². The molecule has 1 aromatic rings. The van der Waals surface area contributed by atoms with Gasteiger partial charge in [0.05, 0.1) is 5.56 Å². The van der Waals surface area contributed by atoms with Gasteiger partial charge in [0.1, 0.15) is 0 Å². The van der Waals surface area contributed by atoms with Crippen molar-refractivity contribution in [2.45, 2.75) is 51.4 Å². The maximum atomic E-state index is 12.9. The first kappa shape index (κ1) is 15.2. The Hall–Kier alpha value is -1.23. The zero-order valence-corrected chi connectivity index (χ0v) is 11.8. The van der Waals surface area contributed by atoms with Crippen molar-refractivity contribution in [3.8, 4) is 0 Å². The van der Waals surface area contributed by atoms with Crippen LogP contribution in [0.1, 0.15) is 37.3 Å². The van der Waals surface area contributed by atoms with Crippen molar-refractivity contribution in [2.24, 2.45) is 0 Å². The summed E-state index contributed by atoms with van der Waals surface area (Å²) >= 11 is 0. The van der Waals surface area contributed by atoms with Crippen molar-refractivity contribution in [2.75, 3.05) is 11.9 Å². The minimum Gasteiger partial charge on any atom is -0.383 e. The topological polar surface area (TPSA) is 24.1 Å². The van der Waals surface area contributed by atoms with Gasteiger partial charge in [-0.05, 0) is 57.4 Å². The van der Waals surface area contributed by atoms with Crippen LogP contribution in [-0.4, -0.2) is 18.6 Å². The van der Waals surface area contributed by atoms with E-state index in [1.807, 2.05) is 6.92 Å². The molecule has 1 heterocycles. The Balaban J connectivity index is 2.01. The standard InChI is InChI=1S/C15H21F3N2/c1-10-5-6-13(9-14(10)15(16,17)18)20-11(2)8-12-4-3-7-19-12/h5-6,9,11-12,19-20H,3-4,7-8H2,1-2H3. The van der Waals surface area contributed by atoms with Gasteiger partial charge < -0.3 is 10.6 Å². The van der Waals surface area contributed by atoms with Gasteiger partial charge in [0.25, 0.3) is 0 Å². The molecule has 0 aliphatic carbocycles. The number of anilines is 1. The van der Waals surface area contributed by atoms with Crippen LogP contribution in [0.15, 0.2) is 18.2 Å². The van der Waals surface area contributed by atoms with Crippen LogP contribution < -0.4 is 10.6 Å². The average molecular weight is 286 g/mol. The highest BCUT2D eigenvalue weighted by atomic mass is 19.4. The highest BCUT2D eigenvalue weighted by molar-refractivity contribution is 5.50. The van der Waals surface area contributed by atoms with E-state index in [1.54, 1.807) is 6.07 Å². The van der Waals surface area contributed by atoms with Gasteiger partial charge in [-0.2, -0.15) is 13.2 Å². The predicted molar refractivity (Wildman–Crippen MR) is 74.9 cm³/mol. The number of nitrogens with one attached hydrogen (secondary N) is 2. The minimum absolute atomic E-state index is 0.148. The minimum atomic E-state index is -4.29. The van der Waals surface area contributed by atoms with Crippen LogP contribution in [0, 0.1) is 6.92 Å². The van der Waals surface area contributed by atoms with Gasteiger partial charge >= 0.3 is 6.18 Å². The van der Waals surface area contributed by atoms with Gasteiger partial charge in [-0.1, -0.05) is 6.07 Å². The number of hydrogen-bond donors (Lipinski definition) is 2. The van der Waals surface area contributed by atoms with E-state index in [2.05, 4.69) is 10.6 Å². The number of halogens is 3. The van der Waals surface area contributed by atoms with Crippen LogP contribution >= 0.6 is 0 Å². The maximum Gasteiger partial charge on any atom is 0.416 e. The molecular formula is C15H21F3N2. The van der Waals surface area contributed by atoms with Crippen LogP contribution in [-0.2, 0) is 6.18 Å². The van der Waals surface area contributed by atoms with Gasteiger partial charge in [0, 0.05) is 17.8 Å². The SMILES string of the molecule is Cc1ccc(NC(C)CC2CCCN2)cc1C(F)(F)F. The van der Waals surface area contributed by atoms with Gasteiger partial charge in [0.2, 0.25) is 0 Å². The Morgan fingerprint density at radius 1 is 1.40 bits per heavy atom. The van der Waals surface area contributed by atoms with Crippen LogP contribution in [0.2, 0.25) is 0 Å². The first-order valence-corrected chi connectivity index (χ1v) is 7.04. The van der Waals surface area contributed by atoms with Crippen LogP contribution in [0.25, 0.3) is 0 Å². The Morgan fingerprint density at radius 3 is 2.75 bits per heavy atom. The lowest BCUT2D eigenvalue weighted by Crippen LogP contribution is -2.29. The predicted octanol–water partition coefficient (Wildman–Crippen LogP) is 3.96. The Kier molecular flexibility index (Phi) is 4.58. The fourth-order valence-electron chi connectivity index (χ4n) is 2.75. The van der Waals surface area contributed by atoms with Gasteiger partial charge in [0.15, 0.2) is 0 Å². The molecule has 2 rings (SSSR count). The summed E-state index contributed by atoms with van der Waals surface area (Å²) in [5, 5.41) is 6.57. The zero-order chi connectivity index (χ0) is 14.8. The van der Waals surface area contributed by atoms with Crippen molar-refractivity contribution in [3.05, 3.63) is 29.3 Å². The fourth-order valence-corrected chi connectivity index (χ4v) is 2.75. The molecular weight excluding hydrogens is 265 g/mol. The molecule has 1 aliphatic heterocycles. The number of benzene rings is 1. The summed E-state index contributed by atoms with van der Waals surface area (Å²) < 4.78 is 38.6. The molecule has 1 aromatic carbocycles. The molecule has 0 saturated carbocycles. The van der Waals surface area contributed by atoms with E-state index in [4.69, 9.17) is 0 Å². The summed E-state index contributed by atoms with van der Waals surface area (Å²) in [5.41, 5.74) is 0.232. The van der Waals surface area contributed by atoms with Gasteiger partial charge in [-0.15, -0.1) is 0 Å². The third kappa shape index (κ3) is 3.88. The number of rotatable bonds is 4. The molecule has 0 radical (unpaired) electrons. The van der Waals surface area contributed by atoms with Gasteiger partial charge in [-0.25, -0.2) is 0 Å². The van der Waals surface area contributed by atoms with Crippen LogP contribution in [0.4, 0.5) is 18.9 Å². The maximum absolute atomic E-state index is 12.9. The number of aryl methyl sites for hydroxylation is 1. The van der Waals surface area contributed by atoms with E-state index in [9.17, 15) is 13.2 Å². The summed E-state index contributed by atoms with van der Waals surface area (Å²) in [6, 6.07) is 5.06. The van der Waals surface area contributed by atoms with E-state index in [-0.39, 0.29) is 11.6 Å². The summed E-state index contributed by atoms with van der Waals surface area (Å²) in [6.07, 6.45) is -1.04. The molecule has 5 heteroatoms. The molecule has 112 valence electrons. The van der Waals surface area contributed by atoms with E-state index in [1.165, 1.54) is 25.5 Å². The average Bonchev–Trinajstić information content (AvgIpc) is 2.83. The van der Waals surface area contributed by atoms with E-state index < -0.39 is 11.7 Å². The largest absolute Gasteiger partial charge is 0.416 e. The Labute approximate surface area is 117 Å². The molecule has 20 heavy (non-hydrogen) atoms. The first-order valence-electron chi connectivity index (χ1n) is 7.04. The zero-order valence-electron chi connectivity index (χ0n) is 11.8. The van der Waals surface area contributed by atoms with E-state index in [0.717, 1.165) is 19.4 Å². The van der Waals surface area contributed by atoms with Crippen molar-refractivity contribution >= 4 is 5.69 Å². The Bertz CT molecular complexity index is 451. The van der Waals surface area contributed by atoms with Crippen molar-refractivity contribution < 1.29 is 13.2 Å². The Morgan fingerprint density at radius 2 is 2.15 bits per heavy atom. The summed E-state index contributed by atoms with van der Waals surface area (Å²) in [5.74, 6) is 0. The second kappa shape index (κ2) is 6.04. The van der Waals surface area contributed by atoms with E-state index >= 15 is 0 Å². The molecule has 0 bridgehead atoms. The molecule has 0 aromatic heterocycles. The highest BCUT2D eigenvalue weighted by Gasteiger charge is 2.32. The third-order valence-corrected chi connectivity index (χ3v) is 3.76. The number of alkyl halides is 3. The highest BCUT2D eigenvalue weighted by Crippen LogP contribution is 2.33. The molecule has 2 N–H and O–H groups in total. The number of hydrogen-bond acceptors (Lipinski definition) is 2. The smallest absolute Gasteiger partial charge is 0.383 e. The molecule has 2 unspecified atom stereocenters. The fraction of sp³-hybridized carbons (Fsp3) is 0.600. The first-order chi connectivity index (χ1) is 9.36. The third-order valence-electron chi connectivity index (χ3n) is 3.76. The van der Waals surface area contributed by atoms with Gasteiger partial charge in [-0.3, -0.25) is 0 Å². The lowest BCUT2D eigenvalue weighted by Gasteiger charge is -2.20. The molecule has 1 saturated heterocycles. The summed E-state index contributed by atoms with van der Waals surface area (Å²) in [4.78, 5) is 0. The molecule has 2 atom stereocenters. The lowest BCUT2D eigenvalue weighted by atomic mass is 10.0. The molecule has 0 spiro atoms. The summed E-state index contributed by atoms with van der Waals surface area (Å²) in [6.45, 7) is 4.53. The van der Waals surface area contributed by atoms with Crippen LogP contribution in [0.5, 0.6) is 0 Å². The van der Waals surface area contributed by atoms with Crippen molar-refractivity contribution in [1.29, 1.82) is 0 Å².